The van der Waals surface area contributed by atoms with E-state index in [-0.39, 0.29) is 0 Å². The lowest BCUT2D eigenvalue weighted by molar-refractivity contribution is 0.589. The number of benzene rings is 1. The van der Waals surface area contributed by atoms with Crippen LogP contribution in [0.2, 0.25) is 0 Å². The number of nitrogens with zero attached hydrogens (tertiary/aromatic N) is 3. The van der Waals surface area contributed by atoms with Gasteiger partial charge in [-0.3, -0.25) is 0 Å². The molecule has 5 nitrogen and oxygen atoms in total. The number of nitrogens with two attached hydrogens (primary N) is 1. The van der Waals surface area contributed by atoms with Gasteiger partial charge in [0.15, 0.2) is 5.13 Å². The summed E-state index contributed by atoms with van der Waals surface area (Å²) in [7, 11) is 0. The van der Waals surface area contributed by atoms with Gasteiger partial charge in [0, 0.05) is 48.2 Å². The van der Waals surface area contributed by atoms with Gasteiger partial charge >= 0.3 is 0 Å². The molecule has 0 bridgehead atoms. The van der Waals surface area contributed by atoms with Crippen LogP contribution < -0.4 is 16.0 Å². The molecular weight excluding hydrogens is 326 g/mol. The van der Waals surface area contributed by atoms with Crippen LogP contribution >= 0.6 is 22.7 Å². The Morgan fingerprint density at radius 3 is 2.39 bits per heavy atom. The molecule has 4 rings (SSSR count). The highest BCUT2D eigenvalue weighted by Crippen LogP contribution is 2.31. The molecule has 0 aliphatic carbocycles. The second kappa shape index (κ2) is 6.27. The van der Waals surface area contributed by atoms with Gasteiger partial charge in [-0.25, -0.2) is 9.97 Å². The van der Waals surface area contributed by atoms with E-state index in [9.17, 15) is 0 Å². The Kier molecular flexibility index (Phi) is 3.99. The second-order valence-corrected chi connectivity index (χ2v) is 7.14. The predicted octanol–water partition coefficient (Wildman–Crippen LogP) is 2.93. The molecule has 1 aliphatic rings. The maximum absolute atomic E-state index is 5.70. The number of nitrogen functional groups attached to an aromatic ring is 1. The van der Waals surface area contributed by atoms with Crippen molar-refractivity contribution in [3.63, 3.8) is 0 Å². The lowest BCUT2D eigenvalue weighted by Gasteiger charge is -2.29. The molecule has 0 amide bonds. The average Bonchev–Trinajstić information content (AvgIpc) is 3.25. The number of hydrogen-bond acceptors (Lipinski definition) is 7. The van der Waals surface area contributed by atoms with Crippen LogP contribution in [0.5, 0.6) is 0 Å². The van der Waals surface area contributed by atoms with Crippen molar-refractivity contribution in [2.45, 2.75) is 0 Å². The largest absolute Gasteiger partial charge is 0.375 e. The minimum atomic E-state index is 0.581. The summed E-state index contributed by atoms with van der Waals surface area (Å²) in [5.41, 5.74) is 9.96. The molecular formula is C16H17N5S2. The monoisotopic (exact) mass is 343 g/mol. The molecule has 1 aliphatic heterocycles. The Labute approximate surface area is 142 Å². The zero-order valence-corrected chi connectivity index (χ0v) is 14.2. The van der Waals surface area contributed by atoms with Crippen molar-refractivity contribution < 1.29 is 0 Å². The molecule has 7 heteroatoms. The van der Waals surface area contributed by atoms with Gasteiger partial charge < -0.3 is 16.0 Å². The first-order chi connectivity index (χ1) is 11.3. The SMILES string of the molecule is Nc1nc(-c2nc(-c3ccc(N4CCNCC4)cc3)cs2)cs1. The highest BCUT2D eigenvalue weighted by molar-refractivity contribution is 7.15. The molecule has 3 N–H and O–H groups in total. The third kappa shape index (κ3) is 3.08. The number of anilines is 2. The van der Waals surface area contributed by atoms with Crippen molar-refractivity contribution in [3.8, 4) is 22.0 Å². The molecule has 0 saturated carbocycles. The summed E-state index contributed by atoms with van der Waals surface area (Å²) in [5.74, 6) is 0. The average molecular weight is 343 g/mol. The fourth-order valence-electron chi connectivity index (χ4n) is 2.68. The number of nitrogens with one attached hydrogen (secondary N) is 1. The minimum absolute atomic E-state index is 0.581. The summed E-state index contributed by atoms with van der Waals surface area (Å²) in [6.07, 6.45) is 0. The Morgan fingerprint density at radius 1 is 0.957 bits per heavy atom. The minimum Gasteiger partial charge on any atom is -0.375 e. The van der Waals surface area contributed by atoms with E-state index in [2.05, 4.69) is 49.8 Å². The van der Waals surface area contributed by atoms with Crippen molar-refractivity contribution in [2.24, 2.45) is 0 Å². The Balaban J connectivity index is 1.55. The van der Waals surface area contributed by atoms with E-state index < -0.39 is 0 Å². The first-order valence-corrected chi connectivity index (χ1v) is 9.28. The third-order valence-electron chi connectivity index (χ3n) is 3.89. The first kappa shape index (κ1) is 14.6. The van der Waals surface area contributed by atoms with E-state index in [0.717, 1.165) is 48.1 Å². The van der Waals surface area contributed by atoms with Crippen molar-refractivity contribution in [1.82, 2.24) is 15.3 Å². The van der Waals surface area contributed by atoms with E-state index >= 15 is 0 Å². The summed E-state index contributed by atoms with van der Waals surface area (Å²) in [6, 6.07) is 8.65. The molecule has 1 aromatic carbocycles. The molecule has 3 heterocycles. The number of piperazine rings is 1. The smallest absolute Gasteiger partial charge is 0.180 e. The number of aromatic nitrogens is 2. The lowest BCUT2D eigenvalue weighted by atomic mass is 10.1. The van der Waals surface area contributed by atoms with E-state index in [1.54, 1.807) is 11.3 Å². The summed E-state index contributed by atoms with van der Waals surface area (Å²) in [5, 5.41) is 8.90. The molecule has 118 valence electrons. The molecule has 0 radical (unpaired) electrons. The van der Waals surface area contributed by atoms with Crippen molar-refractivity contribution in [1.29, 1.82) is 0 Å². The Hall–Kier alpha value is -1.96. The number of rotatable bonds is 3. The van der Waals surface area contributed by atoms with Gasteiger partial charge in [-0.1, -0.05) is 12.1 Å². The maximum Gasteiger partial charge on any atom is 0.180 e. The Bertz CT molecular complexity index is 787. The van der Waals surface area contributed by atoms with Gasteiger partial charge in [0.25, 0.3) is 0 Å². The van der Waals surface area contributed by atoms with Crippen LogP contribution in [-0.4, -0.2) is 36.1 Å². The highest BCUT2D eigenvalue weighted by atomic mass is 32.1. The second-order valence-electron chi connectivity index (χ2n) is 5.39. The molecule has 0 spiro atoms. The number of thiazole rings is 2. The van der Waals surface area contributed by atoms with E-state index in [1.807, 2.05) is 5.38 Å². The highest BCUT2D eigenvalue weighted by Gasteiger charge is 2.12. The van der Waals surface area contributed by atoms with Gasteiger partial charge in [0.1, 0.15) is 10.7 Å². The topological polar surface area (TPSA) is 67.1 Å². The predicted molar refractivity (Wildman–Crippen MR) is 98.2 cm³/mol. The van der Waals surface area contributed by atoms with Gasteiger partial charge in [-0.2, -0.15) is 0 Å². The number of hydrogen-bond donors (Lipinski definition) is 2. The van der Waals surface area contributed by atoms with Crippen molar-refractivity contribution in [3.05, 3.63) is 35.0 Å². The van der Waals surface area contributed by atoms with Gasteiger partial charge in [0.05, 0.1) is 5.69 Å². The first-order valence-electron chi connectivity index (χ1n) is 7.52. The third-order valence-corrected chi connectivity index (χ3v) is 5.43. The van der Waals surface area contributed by atoms with E-state index in [4.69, 9.17) is 5.73 Å². The van der Waals surface area contributed by atoms with Crippen LogP contribution in [-0.2, 0) is 0 Å². The van der Waals surface area contributed by atoms with Crippen LogP contribution in [0.15, 0.2) is 35.0 Å². The van der Waals surface area contributed by atoms with Crippen LogP contribution in [0.1, 0.15) is 0 Å². The summed E-state index contributed by atoms with van der Waals surface area (Å²) in [6.45, 7) is 4.22. The molecule has 0 atom stereocenters. The fraction of sp³-hybridized carbons (Fsp3) is 0.250. The van der Waals surface area contributed by atoms with E-state index in [1.165, 1.54) is 17.0 Å². The van der Waals surface area contributed by atoms with Crippen LogP contribution in [0.4, 0.5) is 10.8 Å². The fourth-order valence-corrected chi connectivity index (χ4v) is 4.09. The summed E-state index contributed by atoms with van der Waals surface area (Å²) >= 11 is 3.05. The molecule has 2 aromatic heterocycles. The van der Waals surface area contributed by atoms with Gasteiger partial charge in [0.2, 0.25) is 0 Å². The maximum atomic E-state index is 5.70. The quantitative estimate of drug-likeness (QED) is 0.765. The summed E-state index contributed by atoms with van der Waals surface area (Å²) < 4.78 is 0. The summed E-state index contributed by atoms with van der Waals surface area (Å²) in [4.78, 5) is 11.4. The van der Waals surface area contributed by atoms with Crippen LogP contribution in [0, 0.1) is 0 Å². The normalized spacial score (nSPS) is 15.0. The van der Waals surface area contributed by atoms with Crippen molar-refractivity contribution in [2.75, 3.05) is 36.8 Å². The zero-order valence-electron chi connectivity index (χ0n) is 12.5. The van der Waals surface area contributed by atoms with Crippen LogP contribution in [0.3, 0.4) is 0 Å². The van der Waals surface area contributed by atoms with Gasteiger partial charge in [-0.15, -0.1) is 22.7 Å². The Morgan fingerprint density at radius 2 is 1.70 bits per heavy atom. The molecule has 3 aromatic rings. The molecule has 1 fully saturated rings. The van der Waals surface area contributed by atoms with Gasteiger partial charge in [-0.05, 0) is 12.1 Å². The van der Waals surface area contributed by atoms with Crippen molar-refractivity contribution >= 4 is 33.5 Å². The standard InChI is InChI=1S/C16H17N5S2/c17-16-20-14(10-23-16)15-19-13(9-22-15)11-1-3-12(4-2-11)21-7-5-18-6-8-21/h1-4,9-10,18H,5-8H2,(H2,17,20). The molecule has 23 heavy (non-hydrogen) atoms. The van der Waals surface area contributed by atoms with Crippen LogP contribution in [0.25, 0.3) is 22.0 Å². The molecule has 0 unspecified atom stereocenters. The lowest BCUT2D eigenvalue weighted by Crippen LogP contribution is -2.43. The molecule has 1 saturated heterocycles. The zero-order chi connectivity index (χ0) is 15.6. The van der Waals surface area contributed by atoms with E-state index in [0.29, 0.717) is 5.13 Å².